The number of carbonyl (C=O) groups excluding carboxylic acids is 2. The van der Waals surface area contributed by atoms with Gasteiger partial charge < -0.3 is 25.4 Å². The van der Waals surface area contributed by atoms with Crippen molar-refractivity contribution in [3.8, 4) is 5.75 Å². The third-order valence-electron chi connectivity index (χ3n) is 6.97. The number of likely N-dealkylation sites (N-methyl/N-ethyl adjacent to an activating group) is 1. The molecule has 3 N–H and O–H groups in total. The molecule has 3 amide bonds. The zero-order valence-corrected chi connectivity index (χ0v) is 24.6. The molecule has 9 nitrogen and oxygen atoms in total. The maximum atomic E-state index is 13.4. The zero-order valence-electron chi connectivity index (χ0n) is 23.0. The van der Waals surface area contributed by atoms with Gasteiger partial charge >= 0.3 is 6.03 Å². The van der Waals surface area contributed by atoms with Crippen molar-refractivity contribution >= 4 is 39.2 Å². The van der Waals surface area contributed by atoms with Gasteiger partial charge in [-0.2, -0.15) is 0 Å². The summed E-state index contributed by atoms with van der Waals surface area (Å²) in [6.07, 6.45) is 3.44. The summed E-state index contributed by atoms with van der Waals surface area (Å²) in [6, 6.07) is 15.9. The number of pyridine rings is 1. The van der Waals surface area contributed by atoms with Gasteiger partial charge in [0.25, 0.3) is 0 Å². The Hall–Kier alpha value is -3.47. The molecule has 0 fully saturated rings. The lowest BCUT2D eigenvalue weighted by Crippen LogP contribution is -2.47. The summed E-state index contributed by atoms with van der Waals surface area (Å²) >= 11 is 3.39. The summed E-state index contributed by atoms with van der Waals surface area (Å²) in [5.74, 6) is 0.513. The van der Waals surface area contributed by atoms with Crippen molar-refractivity contribution in [1.82, 2.24) is 14.8 Å². The standard InChI is InChI=1S/C30H36BrN5O4/c1-20-16-36(21(2)19-37)29(38)15-23-14-26(34-30(39)33-25-6-4-24(31)5-7-25)8-9-27(23)40-28(20)18-35(3)17-22-10-12-32-13-11-22/h4-14,20-21,28,37H,15-19H2,1-3H3,(H2,33,34,39)/t20?,21-,28-/m0/s1. The van der Waals surface area contributed by atoms with E-state index in [1.807, 2.05) is 44.3 Å². The van der Waals surface area contributed by atoms with Crippen LogP contribution in [0.4, 0.5) is 16.2 Å². The fraction of sp³-hybridized carbons (Fsp3) is 0.367. The first-order chi connectivity index (χ1) is 19.2. The molecule has 0 saturated heterocycles. The van der Waals surface area contributed by atoms with E-state index in [-0.39, 0.29) is 37.0 Å². The van der Waals surface area contributed by atoms with Crippen LogP contribution in [0.3, 0.4) is 0 Å². The van der Waals surface area contributed by atoms with Crippen LogP contribution in [-0.2, 0) is 17.8 Å². The van der Waals surface area contributed by atoms with E-state index in [4.69, 9.17) is 4.74 Å². The number of urea groups is 1. The molecule has 1 unspecified atom stereocenters. The van der Waals surface area contributed by atoms with Crippen LogP contribution in [0.1, 0.15) is 25.0 Å². The minimum Gasteiger partial charge on any atom is -0.488 e. The van der Waals surface area contributed by atoms with E-state index in [0.29, 0.717) is 35.8 Å². The van der Waals surface area contributed by atoms with E-state index < -0.39 is 6.03 Å². The second kappa shape index (κ2) is 13.7. The summed E-state index contributed by atoms with van der Waals surface area (Å²) in [7, 11) is 2.04. The smallest absolute Gasteiger partial charge is 0.323 e. The molecule has 10 heteroatoms. The molecule has 0 bridgehead atoms. The number of nitrogens with zero attached hydrogens (tertiary/aromatic N) is 3. The molecule has 0 spiro atoms. The van der Waals surface area contributed by atoms with Crippen molar-refractivity contribution in [2.75, 3.05) is 37.4 Å². The number of anilines is 2. The molecule has 0 aliphatic carbocycles. The van der Waals surface area contributed by atoms with Gasteiger partial charge in [-0.3, -0.25) is 14.7 Å². The normalized spacial score (nSPS) is 18.1. The molecular formula is C30H36BrN5O4. The predicted molar refractivity (Wildman–Crippen MR) is 159 cm³/mol. The van der Waals surface area contributed by atoms with E-state index in [1.54, 1.807) is 41.6 Å². The van der Waals surface area contributed by atoms with Gasteiger partial charge in [0.15, 0.2) is 0 Å². The number of benzene rings is 2. The molecule has 40 heavy (non-hydrogen) atoms. The maximum Gasteiger partial charge on any atom is 0.323 e. The number of aliphatic hydroxyl groups is 1. The Morgan fingerprint density at radius 1 is 1.15 bits per heavy atom. The van der Waals surface area contributed by atoms with E-state index >= 15 is 0 Å². The van der Waals surface area contributed by atoms with Gasteiger partial charge in [0.1, 0.15) is 11.9 Å². The van der Waals surface area contributed by atoms with Crippen LogP contribution in [0.25, 0.3) is 0 Å². The van der Waals surface area contributed by atoms with Crippen LogP contribution < -0.4 is 15.4 Å². The van der Waals surface area contributed by atoms with Gasteiger partial charge in [0.05, 0.1) is 19.1 Å². The second-order valence-electron chi connectivity index (χ2n) is 10.3. The van der Waals surface area contributed by atoms with Crippen LogP contribution in [0.2, 0.25) is 0 Å². The number of aliphatic hydroxyl groups excluding tert-OH is 1. The number of hydrogen-bond acceptors (Lipinski definition) is 6. The first kappa shape index (κ1) is 29.5. The highest BCUT2D eigenvalue weighted by molar-refractivity contribution is 9.10. The van der Waals surface area contributed by atoms with Crippen LogP contribution in [0.15, 0.2) is 71.5 Å². The third kappa shape index (κ3) is 8.03. The van der Waals surface area contributed by atoms with Crippen LogP contribution in [0.5, 0.6) is 5.75 Å². The molecule has 1 aromatic heterocycles. The average molecular weight is 611 g/mol. The largest absolute Gasteiger partial charge is 0.488 e. The lowest BCUT2D eigenvalue weighted by Gasteiger charge is -2.34. The first-order valence-electron chi connectivity index (χ1n) is 13.3. The number of fused-ring (bicyclic) bond motifs is 1. The topological polar surface area (TPSA) is 107 Å². The Balaban J connectivity index is 1.55. The van der Waals surface area contributed by atoms with Crippen molar-refractivity contribution in [1.29, 1.82) is 0 Å². The molecule has 4 rings (SSSR count). The number of ether oxygens (including phenoxy) is 1. The van der Waals surface area contributed by atoms with Crippen molar-refractivity contribution in [3.05, 3.63) is 82.6 Å². The summed E-state index contributed by atoms with van der Waals surface area (Å²) in [4.78, 5) is 34.1. The van der Waals surface area contributed by atoms with Gasteiger partial charge in [-0.25, -0.2) is 4.79 Å². The number of hydrogen-bond donors (Lipinski definition) is 3. The highest BCUT2D eigenvalue weighted by atomic mass is 79.9. The Morgan fingerprint density at radius 2 is 1.82 bits per heavy atom. The molecule has 2 heterocycles. The third-order valence-corrected chi connectivity index (χ3v) is 7.50. The number of carbonyl (C=O) groups is 2. The molecule has 0 radical (unpaired) electrons. The van der Waals surface area contributed by atoms with Crippen molar-refractivity contribution < 1.29 is 19.4 Å². The highest BCUT2D eigenvalue weighted by Gasteiger charge is 2.31. The predicted octanol–water partition coefficient (Wildman–Crippen LogP) is 4.77. The number of aromatic nitrogens is 1. The summed E-state index contributed by atoms with van der Waals surface area (Å²) in [6.45, 7) is 5.61. The fourth-order valence-electron chi connectivity index (χ4n) is 4.72. The van der Waals surface area contributed by atoms with Gasteiger partial charge in [0.2, 0.25) is 5.91 Å². The van der Waals surface area contributed by atoms with Gasteiger partial charge in [-0.15, -0.1) is 0 Å². The zero-order chi connectivity index (χ0) is 28.6. The van der Waals surface area contributed by atoms with Gasteiger partial charge in [-0.05, 0) is 74.1 Å². The lowest BCUT2D eigenvalue weighted by atomic mass is 10.0. The Labute approximate surface area is 243 Å². The first-order valence-corrected chi connectivity index (χ1v) is 14.1. The van der Waals surface area contributed by atoms with Crippen LogP contribution in [0, 0.1) is 5.92 Å². The van der Waals surface area contributed by atoms with E-state index in [9.17, 15) is 14.7 Å². The molecule has 2 aromatic carbocycles. The summed E-state index contributed by atoms with van der Waals surface area (Å²) in [5.41, 5.74) is 3.03. The monoisotopic (exact) mass is 609 g/mol. The number of nitrogens with one attached hydrogen (secondary N) is 2. The molecule has 1 aliphatic rings. The SMILES string of the molecule is CC1CN([C@@H](C)CO)C(=O)Cc2cc(NC(=O)Nc3ccc(Br)cc3)ccc2O[C@H]1CN(C)Cc1ccncc1. The molecular weight excluding hydrogens is 574 g/mol. The van der Waals surface area contributed by atoms with E-state index in [0.717, 1.165) is 16.6 Å². The Morgan fingerprint density at radius 3 is 2.52 bits per heavy atom. The van der Waals surface area contributed by atoms with Crippen molar-refractivity contribution in [3.63, 3.8) is 0 Å². The van der Waals surface area contributed by atoms with Gasteiger partial charge in [0, 0.05) is 59.4 Å². The Kier molecular flexibility index (Phi) is 10.1. The van der Waals surface area contributed by atoms with Crippen molar-refractivity contribution in [2.24, 2.45) is 5.92 Å². The number of rotatable bonds is 8. The summed E-state index contributed by atoms with van der Waals surface area (Å²) < 4.78 is 7.50. The fourth-order valence-corrected chi connectivity index (χ4v) is 4.99. The molecule has 1 aliphatic heterocycles. The lowest BCUT2D eigenvalue weighted by molar-refractivity contribution is -0.134. The number of halogens is 1. The highest BCUT2D eigenvalue weighted by Crippen LogP contribution is 2.29. The second-order valence-corrected chi connectivity index (χ2v) is 11.3. The van der Waals surface area contributed by atoms with Crippen LogP contribution >= 0.6 is 15.9 Å². The molecule has 3 aromatic rings. The molecule has 212 valence electrons. The minimum absolute atomic E-state index is 0.00159. The summed E-state index contributed by atoms with van der Waals surface area (Å²) in [5, 5.41) is 15.5. The van der Waals surface area contributed by atoms with E-state index in [1.165, 1.54) is 0 Å². The molecule has 3 atom stereocenters. The van der Waals surface area contributed by atoms with E-state index in [2.05, 4.69) is 43.4 Å². The van der Waals surface area contributed by atoms with Crippen LogP contribution in [-0.4, -0.2) is 70.7 Å². The Bertz CT molecular complexity index is 1290. The average Bonchev–Trinajstić information content (AvgIpc) is 2.97. The minimum atomic E-state index is -0.391. The molecule has 0 saturated carbocycles. The maximum absolute atomic E-state index is 13.4. The van der Waals surface area contributed by atoms with Crippen molar-refractivity contribution in [2.45, 2.75) is 39.0 Å². The van der Waals surface area contributed by atoms with Gasteiger partial charge in [-0.1, -0.05) is 22.9 Å². The quantitative estimate of drug-likeness (QED) is 0.340. The number of amides is 3.